The Kier molecular flexibility index (Phi) is 6.79. The first-order valence-corrected chi connectivity index (χ1v) is 11.6. The fourth-order valence-electron chi connectivity index (χ4n) is 4.66. The Morgan fingerprint density at radius 1 is 1.12 bits per heavy atom. The number of hydrogen-bond donors (Lipinski definition) is 1. The molecule has 8 heteroatoms. The minimum atomic E-state index is -1.02. The molecule has 1 aromatic carbocycles. The van der Waals surface area contributed by atoms with Crippen LogP contribution in [0, 0.1) is 12.7 Å². The van der Waals surface area contributed by atoms with Crippen molar-refractivity contribution >= 4 is 23.1 Å². The number of rotatable bonds is 8. The van der Waals surface area contributed by atoms with Gasteiger partial charge in [-0.15, -0.1) is 0 Å². The first kappa shape index (κ1) is 23.6. The van der Waals surface area contributed by atoms with Gasteiger partial charge in [-0.3, -0.25) is 14.0 Å². The van der Waals surface area contributed by atoms with Gasteiger partial charge in [0.2, 0.25) is 0 Å². The summed E-state index contributed by atoms with van der Waals surface area (Å²) < 4.78 is 16.6. The summed E-state index contributed by atoms with van der Waals surface area (Å²) in [6, 6.07) is 10.4. The molecule has 3 aromatic rings. The number of carbonyl (C=O) groups is 2. The Balaban J connectivity index is 1.83. The van der Waals surface area contributed by atoms with E-state index in [1.165, 1.54) is 11.0 Å². The van der Waals surface area contributed by atoms with Gasteiger partial charge in [-0.25, -0.2) is 9.37 Å². The lowest BCUT2D eigenvalue weighted by atomic mass is 9.95. The van der Waals surface area contributed by atoms with Gasteiger partial charge in [0, 0.05) is 18.3 Å². The van der Waals surface area contributed by atoms with E-state index >= 15 is 0 Å². The molecule has 1 amide bonds. The average Bonchev–Trinajstić information content (AvgIpc) is 3.30. The number of likely N-dealkylation sites (tertiary alicyclic amines) is 1. The number of hydrogen-bond acceptors (Lipinski definition) is 5. The van der Waals surface area contributed by atoms with Crippen LogP contribution in [0.2, 0.25) is 0 Å². The molecule has 0 unspecified atom stereocenters. The second-order valence-corrected chi connectivity index (χ2v) is 8.37. The van der Waals surface area contributed by atoms with Crippen molar-refractivity contribution in [1.82, 2.24) is 19.2 Å². The van der Waals surface area contributed by atoms with Crippen LogP contribution in [0.25, 0.3) is 11.4 Å². The summed E-state index contributed by atoms with van der Waals surface area (Å²) in [5.41, 5.74) is 1.48. The van der Waals surface area contributed by atoms with Crippen molar-refractivity contribution < 1.29 is 19.1 Å². The number of aryl methyl sites for hydroxylation is 1. The third-order valence-corrected chi connectivity index (χ3v) is 6.44. The lowest BCUT2D eigenvalue weighted by Gasteiger charge is -2.27. The molecule has 0 bridgehead atoms. The molecule has 3 heterocycles. The van der Waals surface area contributed by atoms with Gasteiger partial charge in [-0.1, -0.05) is 38.1 Å². The summed E-state index contributed by atoms with van der Waals surface area (Å²) in [6.07, 6.45) is 2.34. The van der Waals surface area contributed by atoms with Crippen molar-refractivity contribution in [2.75, 3.05) is 26.2 Å². The van der Waals surface area contributed by atoms with E-state index < -0.39 is 23.5 Å². The van der Waals surface area contributed by atoms with Gasteiger partial charge in [0.1, 0.15) is 17.2 Å². The summed E-state index contributed by atoms with van der Waals surface area (Å²) in [5, 5.41) is 11.4. The Bertz CT molecular complexity index is 1260. The van der Waals surface area contributed by atoms with Crippen LogP contribution in [0.1, 0.15) is 43.3 Å². The molecule has 0 spiro atoms. The number of aliphatic hydroxyl groups excluding tert-OH is 1. The van der Waals surface area contributed by atoms with Crippen molar-refractivity contribution in [3.8, 4) is 0 Å². The summed E-state index contributed by atoms with van der Waals surface area (Å²) >= 11 is 0. The summed E-state index contributed by atoms with van der Waals surface area (Å²) in [5.74, 6) is -2.45. The highest BCUT2D eigenvalue weighted by molar-refractivity contribution is 6.46. The van der Waals surface area contributed by atoms with E-state index in [-0.39, 0.29) is 23.4 Å². The molecule has 0 radical (unpaired) electrons. The molecule has 1 fully saturated rings. The van der Waals surface area contributed by atoms with Gasteiger partial charge >= 0.3 is 0 Å². The zero-order valence-electron chi connectivity index (χ0n) is 19.7. The second kappa shape index (κ2) is 9.77. The predicted molar refractivity (Wildman–Crippen MR) is 128 cm³/mol. The van der Waals surface area contributed by atoms with Crippen LogP contribution in [-0.4, -0.2) is 62.2 Å². The Morgan fingerprint density at radius 2 is 1.82 bits per heavy atom. The van der Waals surface area contributed by atoms with Crippen LogP contribution >= 0.6 is 0 Å². The van der Waals surface area contributed by atoms with Gasteiger partial charge in [0.05, 0.1) is 17.3 Å². The van der Waals surface area contributed by atoms with Crippen molar-refractivity contribution in [2.45, 2.75) is 33.2 Å². The number of ketones is 1. The monoisotopic (exact) mass is 464 g/mol. The number of benzene rings is 1. The van der Waals surface area contributed by atoms with E-state index in [1.807, 2.05) is 6.07 Å². The van der Waals surface area contributed by atoms with E-state index in [0.717, 1.165) is 19.6 Å². The molecule has 0 aliphatic carbocycles. The van der Waals surface area contributed by atoms with E-state index in [0.29, 0.717) is 23.5 Å². The number of aliphatic hydroxyl groups is 1. The van der Waals surface area contributed by atoms with Gasteiger partial charge in [0.25, 0.3) is 11.7 Å². The largest absolute Gasteiger partial charge is 0.505 e. The lowest BCUT2D eigenvalue weighted by Crippen LogP contribution is -2.33. The van der Waals surface area contributed by atoms with Gasteiger partial charge in [0.15, 0.2) is 5.76 Å². The molecule has 2 aromatic heterocycles. The number of amides is 1. The van der Waals surface area contributed by atoms with Crippen LogP contribution in [0.4, 0.5) is 4.39 Å². The molecule has 4 rings (SSSR count). The molecule has 1 atom stereocenters. The number of pyridine rings is 1. The van der Waals surface area contributed by atoms with Crippen molar-refractivity contribution in [3.63, 3.8) is 0 Å². The third kappa shape index (κ3) is 4.09. The van der Waals surface area contributed by atoms with Crippen LogP contribution in [0.5, 0.6) is 0 Å². The smallest absolute Gasteiger partial charge is 0.295 e. The number of fused-ring (bicyclic) bond motifs is 1. The van der Waals surface area contributed by atoms with Gasteiger partial charge in [-0.2, -0.15) is 0 Å². The van der Waals surface area contributed by atoms with E-state index in [4.69, 9.17) is 0 Å². The van der Waals surface area contributed by atoms with Crippen molar-refractivity contribution in [1.29, 1.82) is 0 Å². The highest BCUT2D eigenvalue weighted by atomic mass is 19.1. The summed E-state index contributed by atoms with van der Waals surface area (Å²) in [6.45, 7) is 8.61. The number of nitrogens with zero attached hydrogens (tertiary/aromatic N) is 4. The maximum atomic E-state index is 15.0. The van der Waals surface area contributed by atoms with Gasteiger partial charge in [-0.05, 0) is 51.2 Å². The molecular formula is C26H29FN4O3. The Morgan fingerprint density at radius 3 is 2.53 bits per heavy atom. The van der Waals surface area contributed by atoms with E-state index in [2.05, 4.69) is 23.7 Å². The predicted octanol–water partition coefficient (Wildman–Crippen LogP) is 3.94. The van der Waals surface area contributed by atoms with Crippen LogP contribution in [-0.2, 0) is 9.59 Å². The number of halogens is 1. The normalized spacial score (nSPS) is 17.9. The van der Waals surface area contributed by atoms with Crippen LogP contribution < -0.4 is 0 Å². The van der Waals surface area contributed by atoms with E-state index in [1.54, 1.807) is 47.9 Å². The standard InChI is InChI=1S/C26H29FN4O3/c1-4-29(5-2)14-10-16-31-23(18-11-6-7-12-19(18)27)21(25(33)26(31)34)24(32)22-17(3)28-20-13-8-9-15-30(20)22/h6-9,11-13,15,23,32H,4-5,10,14,16H2,1-3H3/b24-21+/t23-/m0/s1. The molecule has 1 aliphatic heterocycles. The molecule has 178 valence electrons. The molecular weight excluding hydrogens is 435 g/mol. The number of imidazole rings is 1. The zero-order valence-corrected chi connectivity index (χ0v) is 19.7. The fourth-order valence-corrected chi connectivity index (χ4v) is 4.66. The Labute approximate surface area is 198 Å². The van der Waals surface area contributed by atoms with E-state index in [9.17, 15) is 19.1 Å². The molecule has 1 aliphatic rings. The minimum Gasteiger partial charge on any atom is -0.505 e. The zero-order chi connectivity index (χ0) is 24.4. The minimum absolute atomic E-state index is 0.119. The second-order valence-electron chi connectivity index (χ2n) is 8.37. The maximum absolute atomic E-state index is 15.0. The summed E-state index contributed by atoms with van der Waals surface area (Å²) in [7, 11) is 0. The third-order valence-electron chi connectivity index (χ3n) is 6.44. The maximum Gasteiger partial charge on any atom is 0.295 e. The first-order valence-electron chi connectivity index (χ1n) is 11.6. The molecule has 34 heavy (non-hydrogen) atoms. The molecule has 1 saturated heterocycles. The van der Waals surface area contributed by atoms with Gasteiger partial charge < -0.3 is 14.9 Å². The van der Waals surface area contributed by atoms with Crippen LogP contribution in [0.15, 0.2) is 54.2 Å². The quantitative estimate of drug-likeness (QED) is 0.310. The number of aromatic nitrogens is 2. The molecule has 0 saturated carbocycles. The van der Waals surface area contributed by atoms with Crippen molar-refractivity contribution in [2.24, 2.45) is 0 Å². The number of Topliss-reactive ketones (excluding diaryl/α,β-unsaturated/α-hetero) is 1. The lowest BCUT2D eigenvalue weighted by molar-refractivity contribution is -0.140. The topological polar surface area (TPSA) is 78.2 Å². The fraction of sp³-hybridized carbons (Fsp3) is 0.346. The highest BCUT2D eigenvalue weighted by Gasteiger charge is 2.47. The number of carbonyl (C=O) groups excluding carboxylic acids is 2. The molecule has 7 nitrogen and oxygen atoms in total. The SMILES string of the molecule is CCN(CC)CCCN1C(=O)C(=O)/C(=C(/O)c2c(C)nc3ccccn23)[C@@H]1c1ccccc1F. The van der Waals surface area contributed by atoms with Crippen molar-refractivity contribution in [3.05, 3.63) is 77.0 Å². The summed E-state index contributed by atoms with van der Waals surface area (Å²) in [4.78, 5) is 34.4. The highest BCUT2D eigenvalue weighted by Crippen LogP contribution is 2.40. The molecule has 1 N–H and O–H groups in total. The Hall–Kier alpha value is -3.52. The van der Waals surface area contributed by atoms with Crippen LogP contribution in [0.3, 0.4) is 0 Å². The first-order chi connectivity index (χ1) is 16.4. The average molecular weight is 465 g/mol.